The summed E-state index contributed by atoms with van der Waals surface area (Å²) in [6, 6.07) is 1.35. The van der Waals surface area contributed by atoms with Crippen LogP contribution in [0.5, 0.6) is 0 Å². The zero-order chi connectivity index (χ0) is 16.9. The van der Waals surface area contributed by atoms with E-state index in [0.29, 0.717) is 13.2 Å². The lowest BCUT2D eigenvalue weighted by Gasteiger charge is -2.27. The third-order valence-electron chi connectivity index (χ3n) is 4.52. The molecule has 2 aliphatic heterocycles. The third kappa shape index (κ3) is 3.90. The molecular weight excluding hydrogens is 313 g/mol. The lowest BCUT2D eigenvalue weighted by atomic mass is 10.2. The van der Waals surface area contributed by atoms with E-state index in [0.717, 1.165) is 45.0 Å². The highest BCUT2D eigenvalue weighted by Crippen LogP contribution is 2.17. The number of hydrogen-bond donors (Lipinski definition) is 0. The Morgan fingerprint density at radius 3 is 2.79 bits per heavy atom. The molecule has 0 spiro atoms. The predicted molar refractivity (Wildman–Crippen MR) is 84.9 cm³/mol. The molecule has 0 saturated carbocycles. The first-order chi connectivity index (χ1) is 11.6. The number of carbonyl (C=O) groups is 2. The highest BCUT2D eigenvalue weighted by atomic mass is 19.1. The molecule has 0 radical (unpaired) electrons. The fraction of sp³-hybridized carbons (Fsp3) is 0.588. The number of hydrogen-bond acceptors (Lipinski definition) is 4. The summed E-state index contributed by atoms with van der Waals surface area (Å²) < 4.78 is 19.5. The van der Waals surface area contributed by atoms with Crippen molar-refractivity contribution in [3.8, 4) is 0 Å². The minimum Gasteiger partial charge on any atom is -0.376 e. The summed E-state index contributed by atoms with van der Waals surface area (Å²) in [5.74, 6) is -1.25. The average molecular weight is 335 g/mol. The van der Waals surface area contributed by atoms with Crippen LogP contribution in [0, 0.1) is 5.82 Å². The van der Waals surface area contributed by atoms with Crippen LogP contribution in [-0.4, -0.2) is 65.5 Å². The number of pyridine rings is 1. The quantitative estimate of drug-likeness (QED) is 0.817. The number of ether oxygens (including phenoxy) is 1. The van der Waals surface area contributed by atoms with Crippen LogP contribution < -0.4 is 0 Å². The van der Waals surface area contributed by atoms with E-state index < -0.39 is 11.7 Å². The van der Waals surface area contributed by atoms with Gasteiger partial charge < -0.3 is 14.5 Å². The molecule has 1 aromatic rings. The summed E-state index contributed by atoms with van der Waals surface area (Å²) in [6.07, 6.45) is 6.07. The minimum atomic E-state index is -0.673. The van der Waals surface area contributed by atoms with E-state index in [1.165, 1.54) is 17.2 Å². The number of halogens is 1. The first-order valence-electron chi connectivity index (χ1n) is 8.43. The molecule has 2 amide bonds. The lowest BCUT2D eigenvalue weighted by Crippen LogP contribution is -2.45. The Morgan fingerprint density at radius 1 is 1.33 bits per heavy atom. The molecule has 2 fully saturated rings. The number of nitrogens with zero attached hydrogens (tertiary/aromatic N) is 3. The SMILES string of the molecule is O=C(CN(CC1CCCO1)C(=O)c1ccncc1F)N1CCCC1. The highest BCUT2D eigenvalue weighted by Gasteiger charge is 2.28. The van der Waals surface area contributed by atoms with Crippen LogP contribution in [-0.2, 0) is 9.53 Å². The van der Waals surface area contributed by atoms with E-state index in [4.69, 9.17) is 4.74 Å². The van der Waals surface area contributed by atoms with Gasteiger partial charge in [-0.1, -0.05) is 0 Å². The summed E-state index contributed by atoms with van der Waals surface area (Å²) in [6.45, 7) is 2.38. The fourth-order valence-electron chi connectivity index (χ4n) is 3.20. The molecule has 2 saturated heterocycles. The predicted octanol–water partition coefficient (Wildman–Crippen LogP) is 1.46. The maximum Gasteiger partial charge on any atom is 0.257 e. The molecule has 0 N–H and O–H groups in total. The fourth-order valence-corrected chi connectivity index (χ4v) is 3.20. The van der Waals surface area contributed by atoms with Gasteiger partial charge in [-0.2, -0.15) is 0 Å². The smallest absolute Gasteiger partial charge is 0.257 e. The van der Waals surface area contributed by atoms with Crippen molar-refractivity contribution in [3.05, 3.63) is 29.8 Å². The molecule has 24 heavy (non-hydrogen) atoms. The monoisotopic (exact) mass is 335 g/mol. The van der Waals surface area contributed by atoms with Gasteiger partial charge in [0.25, 0.3) is 5.91 Å². The topological polar surface area (TPSA) is 62.7 Å². The van der Waals surface area contributed by atoms with Gasteiger partial charge in [0.1, 0.15) is 6.54 Å². The molecule has 7 heteroatoms. The molecule has 2 aliphatic rings. The van der Waals surface area contributed by atoms with E-state index in [2.05, 4.69) is 4.98 Å². The largest absolute Gasteiger partial charge is 0.376 e. The van der Waals surface area contributed by atoms with Crippen LogP contribution in [0.25, 0.3) is 0 Å². The highest BCUT2D eigenvalue weighted by molar-refractivity contribution is 5.96. The van der Waals surface area contributed by atoms with Crippen molar-refractivity contribution >= 4 is 11.8 Å². The average Bonchev–Trinajstić information content (AvgIpc) is 3.27. The normalized spacial score (nSPS) is 20.4. The van der Waals surface area contributed by atoms with Gasteiger partial charge in [0.05, 0.1) is 17.9 Å². The Bertz CT molecular complexity index is 598. The Kier molecular flexibility index (Phi) is 5.40. The molecule has 3 rings (SSSR count). The second-order valence-corrected chi connectivity index (χ2v) is 6.26. The van der Waals surface area contributed by atoms with Crippen molar-refractivity contribution in [1.82, 2.24) is 14.8 Å². The van der Waals surface area contributed by atoms with E-state index >= 15 is 0 Å². The molecule has 1 aromatic heterocycles. The van der Waals surface area contributed by atoms with Crippen LogP contribution >= 0.6 is 0 Å². The summed E-state index contributed by atoms with van der Waals surface area (Å²) in [4.78, 5) is 32.0. The standard InChI is InChI=1S/C17H22FN3O3/c18-15-10-19-6-5-14(15)17(23)21(11-13-4-3-9-24-13)12-16(22)20-7-1-2-8-20/h5-6,10,13H,1-4,7-9,11-12H2. The number of aromatic nitrogens is 1. The van der Waals surface area contributed by atoms with Crippen LogP contribution in [0.15, 0.2) is 18.5 Å². The van der Waals surface area contributed by atoms with E-state index in [-0.39, 0.29) is 24.1 Å². The Labute approximate surface area is 140 Å². The molecule has 0 aliphatic carbocycles. The third-order valence-corrected chi connectivity index (χ3v) is 4.52. The van der Waals surface area contributed by atoms with Gasteiger partial charge in [-0.25, -0.2) is 4.39 Å². The molecule has 130 valence electrons. The molecule has 3 heterocycles. The molecular formula is C17H22FN3O3. The Morgan fingerprint density at radius 2 is 2.12 bits per heavy atom. The number of likely N-dealkylation sites (tertiary alicyclic amines) is 1. The van der Waals surface area contributed by atoms with Crippen LogP contribution in [0.2, 0.25) is 0 Å². The van der Waals surface area contributed by atoms with Crippen molar-refractivity contribution in [2.24, 2.45) is 0 Å². The maximum atomic E-state index is 13.9. The van der Waals surface area contributed by atoms with Gasteiger partial charge >= 0.3 is 0 Å². The minimum absolute atomic E-state index is 0.0412. The van der Waals surface area contributed by atoms with Gasteiger partial charge in [0.15, 0.2) is 5.82 Å². The van der Waals surface area contributed by atoms with E-state index in [1.54, 1.807) is 4.90 Å². The van der Waals surface area contributed by atoms with Crippen molar-refractivity contribution in [2.75, 3.05) is 32.8 Å². The van der Waals surface area contributed by atoms with Crippen LogP contribution in [0.4, 0.5) is 4.39 Å². The van der Waals surface area contributed by atoms with Crippen molar-refractivity contribution in [1.29, 1.82) is 0 Å². The van der Waals surface area contributed by atoms with Gasteiger partial charge in [-0.3, -0.25) is 14.6 Å². The molecule has 0 bridgehead atoms. The molecule has 1 atom stereocenters. The van der Waals surface area contributed by atoms with E-state index in [9.17, 15) is 14.0 Å². The summed E-state index contributed by atoms with van der Waals surface area (Å²) in [5.41, 5.74) is -0.0581. The van der Waals surface area contributed by atoms with Gasteiger partial charge in [0.2, 0.25) is 5.91 Å². The number of rotatable bonds is 5. The van der Waals surface area contributed by atoms with Crippen molar-refractivity contribution in [2.45, 2.75) is 31.8 Å². The summed E-state index contributed by atoms with van der Waals surface area (Å²) in [5, 5.41) is 0. The van der Waals surface area contributed by atoms with Crippen LogP contribution in [0.3, 0.4) is 0 Å². The Balaban J connectivity index is 1.74. The van der Waals surface area contributed by atoms with Crippen molar-refractivity contribution in [3.63, 3.8) is 0 Å². The van der Waals surface area contributed by atoms with Gasteiger partial charge in [-0.15, -0.1) is 0 Å². The van der Waals surface area contributed by atoms with Gasteiger partial charge in [-0.05, 0) is 31.7 Å². The van der Waals surface area contributed by atoms with Crippen molar-refractivity contribution < 1.29 is 18.7 Å². The molecule has 0 aromatic carbocycles. The Hall–Kier alpha value is -2.02. The maximum absolute atomic E-state index is 13.9. The summed E-state index contributed by atoms with van der Waals surface area (Å²) in [7, 11) is 0. The zero-order valence-corrected chi connectivity index (χ0v) is 13.6. The number of carbonyl (C=O) groups excluding carboxylic acids is 2. The first kappa shape index (κ1) is 16.8. The number of amides is 2. The summed E-state index contributed by atoms with van der Waals surface area (Å²) >= 11 is 0. The molecule has 1 unspecified atom stereocenters. The lowest BCUT2D eigenvalue weighted by molar-refractivity contribution is -0.131. The second-order valence-electron chi connectivity index (χ2n) is 6.26. The van der Waals surface area contributed by atoms with Crippen LogP contribution in [0.1, 0.15) is 36.0 Å². The first-order valence-corrected chi connectivity index (χ1v) is 8.43. The molecule has 6 nitrogen and oxygen atoms in total. The van der Waals surface area contributed by atoms with E-state index in [1.807, 2.05) is 0 Å². The second kappa shape index (κ2) is 7.70. The van der Waals surface area contributed by atoms with Gasteiger partial charge in [0, 0.05) is 32.4 Å². The zero-order valence-electron chi connectivity index (χ0n) is 13.6.